The molecule has 1 aromatic heterocycles. The van der Waals surface area contributed by atoms with Crippen molar-refractivity contribution in [2.45, 2.75) is 12.7 Å². The standard InChI is InChI=1S/C8H12N4O4/c1-9-7(15)12-5-3-10-8(16)11-4(5)2-6(13)14/h3,6,13-14H,2H2,1H3,(H2,9,12,15)(H,10,11,16). The molecule has 0 unspecified atom stereocenters. The van der Waals surface area contributed by atoms with E-state index >= 15 is 0 Å². The molecule has 5 N–H and O–H groups in total. The Hall–Kier alpha value is -1.93. The molecule has 0 saturated heterocycles. The van der Waals surface area contributed by atoms with E-state index in [1.807, 2.05) is 0 Å². The van der Waals surface area contributed by atoms with Gasteiger partial charge in [0.25, 0.3) is 0 Å². The molecule has 0 aliphatic carbocycles. The number of carbonyl (C=O) groups is 1. The van der Waals surface area contributed by atoms with E-state index in [1.54, 1.807) is 0 Å². The number of amides is 2. The number of aromatic nitrogens is 2. The first-order valence-electron chi connectivity index (χ1n) is 4.46. The zero-order chi connectivity index (χ0) is 12.1. The number of carbonyl (C=O) groups excluding carboxylic acids is 1. The van der Waals surface area contributed by atoms with Crippen molar-refractivity contribution in [1.29, 1.82) is 0 Å². The number of urea groups is 1. The van der Waals surface area contributed by atoms with Crippen LogP contribution in [0.5, 0.6) is 0 Å². The highest BCUT2D eigenvalue weighted by atomic mass is 16.5. The first-order chi connectivity index (χ1) is 7.52. The fourth-order valence-corrected chi connectivity index (χ4v) is 1.07. The third-order valence-corrected chi connectivity index (χ3v) is 1.76. The largest absolute Gasteiger partial charge is 0.368 e. The summed E-state index contributed by atoms with van der Waals surface area (Å²) in [7, 11) is 1.43. The van der Waals surface area contributed by atoms with Crippen LogP contribution >= 0.6 is 0 Å². The van der Waals surface area contributed by atoms with Gasteiger partial charge in [0.05, 0.1) is 11.9 Å². The van der Waals surface area contributed by atoms with Gasteiger partial charge in [0, 0.05) is 19.2 Å². The number of H-pyrrole nitrogens is 1. The van der Waals surface area contributed by atoms with Gasteiger partial charge in [0.15, 0.2) is 6.29 Å². The van der Waals surface area contributed by atoms with Crippen molar-refractivity contribution in [3.8, 4) is 0 Å². The lowest BCUT2D eigenvalue weighted by Crippen LogP contribution is -2.27. The van der Waals surface area contributed by atoms with E-state index in [4.69, 9.17) is 10.2 Å². The number of aliphatic hydroxyl groups excluding tert-OH is 1. The average molecular weight is 228 g/mol. The summed E-state index contributed by atoms with van der Waals surface area (Å²) in [6.07, 6.45) is -0.689. The second-order valence-corrected chi connectivity index (χ2v) is 2.97. The Kier molecular flexibility index (Phi) is 3.97. The topological polar surface area (TPSA) is 127 Å². The molecule has 16 heavy (non-hydrogen) atoms. The van der Waals surface area contributed by atoms with Crippen LogP contribution < -0.4 is 16.3 Å². The smallest absolute Gasteiger partial charge is 0.345 e. The average Bonchev–Trinajstić information content (AvgIpc) is 2.21. The van der Waals surface area contributed by atoms with Crippen LogP contribution in [0.15, 0.2) is 11.0 Å². The van der Waals surface area contributed by atoms with E-state index in [9.17, 15) is 9.59 Å². The van der Waals surface area contributed by atoms with Crippen molar-refractivity contribution < 1.29 is 15.0 Å². The summed E-state index contributed by atoms with van der Waals surface area (Å²) >= 11 is 0. The molecule has 1 rings (SSSR count). The summed E-state index contributed by atoms with van der Waals surface area (Å²) in [4.78, 5) is 27.7. The van der Waals surface area contributed by atoms with E-state index in [1.165, 1.54) is 7.05 Å². The van der Waals surface area contributed by atoms with Gasteiger partial charge in [-0.3, -0.25) is 0 Å². The number of aromatic amines is 1. The monoisotopic (exact) mass is 228 g/mol. The normalized spacial score (nSPS) is 10.2. The summed E-state index contributed by atoms with van der Waals surface area (Å²) < 4.78 is 0. The minimum atomic E-state index is -1.62. The predicted molar refractivity (Wildman–Crippen MR) is 54.9 cm³/mol. The molecule has 88 valence electrons. The highest BCUT2D eigenvalue weighted by Crippen LogP contribution is 2.10. The lowest BCUT2D eigenvalue weighted by molar-refractivity contribution is -0.0387. The van der Waals surface area contributed by atoms with Crippen molar-refractivity contribution in [3.63, 3.8) is 0 Å². The Morgan fingerprint density at radius 1 is 1.62 bits per heavy atom. The maximum atomic E-state index is 11.0. The summed E-state index contributed by atoms with van der Waals surface area (Å²) in [6, 6.07) is -0.498. The van der Waals surface area contributed by atoms with E-state index in [0.717, 1.165) is 6.20 Å². The second kappa shape index (κ2) is 5.24. The molecule has 0 saturated carbocycles. The first-order valence-corrected chi connectivity index (χ1v) is 4.46. The third kappa shape index (κ3) is 3.33. The van der Waals surface area contributed by atoms with Gasteiger partial charge in [0.2, 0.25) is 0 Å². The Balaban J connectivity index is 2.97. The fraction of sp³-hybridized carbons (Fsp3) is 0.375. The molecule has 0 fully saturated rings. The minimum absolute atomic E-state index is 0.193. The van der Waals surface area contributed by atoms with Crippen LogP contribution in [0.2, 0.25) is 0 Å². The van der Waals surface area contributed by atoms with Crippen molar-refractivity contribution in [2.75, 3.05) is 12.4 Å². The van der Waals surface area contributed by atoms with Gasteiger partial charge in [-0.1, -0.05) is 0 Å². The summed E-state index contributed by atoms with van der Waals surface area (Å²) in [5, 5.41) is 22.3. The highest BCUT2D eigenvalue weighted by Gasteiger charge is 2.10. The van der Waals surface area contributed by atoms with Gasteiger partial charge in [-0.05, 0) is 0 Å². The van der Waals surface area contributed by atoms with Crippen molar-refractivity contribution in [3.05, 3.63) is 22.4 Å². The van der Waals surface area contributed by atoms with Crippen LogP contribution in [-0.2, 0) is 6.42 Å². The summed E-state index contributed by atoms with van der Waals surface area (Å²) in [6.45, 7) is 0. The molecular weight excluding hydrogens is 216 g/mol. The minimum Gasteiger partial charge on any atom is -0.368 e. The molecule has 0 aromatic carbocycles. The number of hydrogen-bond acceptors (Lipinski definition) is 5. The van der Waals surface area contributed by atoms with Gasteiger partial charge in [0.1, 0.15) is 0 Å². The Bertz CT molecular complexity index is 428. The molecule has 1 aromatic rings. The molecule has 1 heterocycles. The zero-order valence-electron chi connectivity index (χ0n) is 8.52. The quantitative estimate of drug-likeness (QED) is 0.397. The van der Waals surface area contributed by atoms with Crippen LogP contribution in [0.25, 0.3) is 0 Å². The van der Waals surface area contributed by atoms with Gasteiger partial charge in [-0.25, -0.2) is 9.59 Å². The number of nitrogens with one attached hydrogen (secondary N) is 3. The van der Waals surface area contributed by atoms with Crippen LogP contribution in [0, 0.1) is 0 Å². The van der Waals surface area contributed by atoms with Crippen molar-refractivity contribution in [1.82, 2.24) is 15.3 Å². The molecule has 0 bridgehead atoms. The van der Waals surface area contributed by atoms with Crippen LogP contribution in [-0.4, -0.2) is 39.5 Å². The van der Waals surface area contributed by atoms with Crippen LogP contribution in [0.3, 0.4) is 0 Å². The van der Waals surface area contributed by atoms with E-state index in [2.05, 4.69) is 20.6 Å². The maximum absolute atomic E-state index is 11.0. The van der Waals surface area contributed by atoms with Gasteiger partial charge in [-0.15, -0.1) is 0 Å². The SMILES string of the molecule is CNC(=O)Nc1cnc(=O)[nH]c1CC(O)O. The van der Waals surface area contributed by atoms with Crippen LogP contribution in [0.4, 0.5) is 10.5 Å². The molecule has 8 nitrogen and oxygen atoms in total. The van der Waals surface area contributed by atoms with E-state index in [0.29, 0.717) is 0 Å². The number of aliphatic hydroxyl groups is 2. The molecule has 2 amide bonds. The lowest BCUT2D eigenvalue weighted by Gasteiger charge is -2.10. The summed E-state index contributed by atoms with van der Waals surface area (Å²) in [5.74, 6) is 0. The number of rotatable bonds is 3. The zero-order valence-corrected chi connectivity index (χ0v) is 8.52. The number of hydrogen-bond donors (Lipinski definition) is 5. The molecule has 0 aliphatic rings. The number of anilines is 1. The molecular formula is C8H12N4O4. The Labute approximate surface area is 90.3 Å². The molecule has 0 aliphatic heterocycles. The molecule has 8 heteroatoms. The first kappa shape index (κ1) is 12.1. The Morgan fingerprint density at radius 2 is 2.31 bits per heavy atom. The maximum Gasteiger partial charge on any atom is 0.345 e. The van der Waals surface area contributed by atoms with Crippen molar-refractivity contribution >= 4 is 11.7 Å². The van der Waals surface area contributed by atoms with E-state index < -0.39 is 18.0 Å². The van der Waals surface area contributed by atoms with Gasteiger partial charge >= 0.3 is 11.7 Å². The number of nitrogens with zero attached hydrogens (tertiary/aromatic N) is 1. The third-order valence-electron chi connectivity index (χ3n) is 1.76. The predicted octanol–water partition coefficient (Wildman–Crippen LogP) is -1.63. The molecule has 0 spiro atoms. The highest BCUT2D eigenvalue weighted by molar-refractivity contribution is 5.89. The van der Waals surface area contributed by atoms with Gasteiger partial charge < -0.3 is 25.8 Å². The van der Waals surface area contributed by atoms with Crippen molar-refractivity contribution in [2.24, 2.45) is 0 Å². The lowest BCUT2D eigenvalue weighted by atomic mass is 10.2. The Morgan fingerprint density at radius 3 is 2.88 bits per heavy atom. The van der Waals surface area contributed by atoms with Gasteiger partial charge in [-0.2, -0.15) is 4.98 Å². The fourth-order valence-electron chi connectivity index (χ4n) is 1.07. The summed E-state index contributed by atoms with van der Waals surface area (Å²) in [5.41, 5.74) is -0.219. The molecule has 0 atom stereocenters. The second-order valence-electron chi connectivity index (χ2n) is 2.97. The molecule has 0 radical (unpaired) electrons. The van der Waals surface area contributed by atoms with E-state index in [-0.39, 0.29) is 17.8 Å². The van der Waals surface area contributed by atoms with Crippen LogP contribution in [0.1, 0.15) is 5.69 Å².